The van der Waals surface area contributed by atoms with Gasteiger partial charge in [-0.2, -0.15) is 0 Å². The first-order valence-electron chi connectivity index (χ1n) is 6.40. The second-order valence-corrected chi connectivity index (χ2v) is 4.53. The van der Waals surface area contributed by atoms with E-state index in [-0.39, 0.29) is 5.92 Å². The highest BCUT2D eigenvalue weighted by molar-refractivity contribution is 5.85. The van der Waals surface area contributed by atoms with Crippen molar-refractivity contribution in [2.75, 3.05) is 0 Å². The molecule has 1 nitrogen and oxygen atoms in total. The van der Waals surface area contributed by atoms with Crippen molar-refractivity contribution in [1.29, 1.82) is 0 Å². The molecule has 1 unspecified atom stereocenters. The van der Waals surface area contributed by atoms with Gasteiger partial charge < -0.3 is 0 Å². The van der Waals surface area contributed by atoms with E-state index in [1.807, 2.05) is 32.0 Å². The molecule has 0 aromatic heterocycles. The fraction of sp³-hybridized carbons (Fsp3) is 0.235. The summed E-state index contributed by atoms with van der Waals surface area (Å²) in [4.78, 5) is 11.7. The van der Waals surface area contributed by atoms with Crippen LogP contribution in [0.5, 0.6) is 0 Å². The minimum atomic E-state index is -0.000164. The van der Waals surface area contributed by atoms with Gasteiger partial charge in [-0.1, -0.05) is 68.4 Å². The maximum atomic E-state index is 11.7. The topological polar surface area (TPSA) is 17.1 Å². The molecule has 0 saturated carbocycles. The monoisotopic (exact) mass is 238 g/mol. The molecule has 18 heavy (non-hydrogen) atoms. The minimum Gasteiger partial charge on any atom is -0.299 e. The third kappa shape index (κ3) is 2.67. The second-order valence-electron chi connectivity index (χ2n) is 4.53. The standard InChI is InChI=1S/C17H18O/c1-3-17(18)13(2)14-9-11-16(12-10-14)15-7-5-4-6-8-15/h4-13H,3H2,1-2H3. The van der Waals surface area contributed by atoms with Crippen molar-refractivity contribution in [3.8, 4) is 11.1 Å². The maximum Gasteiger partial charge on any atom is 0.139 e. The quantitative estimate of drug-likeness (QED) is 0.769. The molecule has 0 fully saturated rings. The Morgan fingerprint density at radius 3 is 2.06 bits per heavy atom. The summed E-state index contributed by atoms with van der Waals surface area (Å²) in [5, 5.41) is 0. The Balaban J connectivity index is 2.23. The van der Waals surface area contributed by atoms with Crippen LogP contribution in [0.1, 0.15) is 31.7 Å². The van der Waals surface area contributed by atoms with Gasteiger partial charge in [0.15, 0.2) is 0 Å². The van der Waals surface area contributed by atoms with Crippen LogP contribution in [0.15, 0.2) is 54.6 Å². The molecule has 0 N–H and O–H groups in total. The highest BCUT2D eigenvalue weighted by atomic mass is 16.1. The lowest BCUT2D eigenvalue weighted by atomic mass is 9.93. The van der Waals surface area contributed by atoms with Crippen LogP contribution in [0, 0.1) is 0 Å². The van der Waals surface area contributed by atoms with E-state index in [4.69, 9.17) is 0 Å². The number of Topliss-reactive ketones (excluding diaryl/α,β-unsaturated/α-hetero) is 1. The Labute approximate surface area is 108 Å². The van der Waals surface area contributed by atoms with E-state index in [1.165, 1.54) is 11.1 Å². The van der Waals surface area contributed by atoms with Crippen LogP contribution >= 0.6 is 0 Å². The average Bonchev–Trinajstić information content (AvgIpc) is 2.47. The average molecular weight is 238 g/mol. The third-order valence-corrected chi connectivity index (χ3v) is 3.35. The molecule has 0 amide bonds. The van der Waals surface area contributed by atoms with Crippen molar-refractivity contribution < 1.29 is 4.79 Å². The second kappa shape index (κ2) is 5.63. The molecule has 0 aliphatic heterocycles. The van der Waals surface area contributed by atoms with Gasteiger partial charge in [-0.15, -0.1) is 0 Å². The number of ketones is 1. The number of benzene rings is 2. The number of rotatable bonds is 4. The fourth-order valence-corrected chi connectivity index (χ4v) is 2.09. The van der Waals surface area contributed by atoms with Gasteiger partial charge in [0.2, 0.25) is 0 Å². The number of carbonyl (C=O) groups excluding carboxylic acids is 1. The Morgan fingerprint density at radius 1 is 0.944 bits per heavy atom. The van der Waals surface area contributed by atoms with E-state index in [9.17, 15) is 4.79 Å². The van der Waals surface area contributed by atoms with Crippen LogP contribution in [-0.4, -0.2) is 5.78 Å². The van der Waals surface area contributed by atoms with E-state index in [2.05, 4.69) is 36.4 Å². The largest absolute Gasteiger partial charge is 0.299 e. The van der Waals surface area contributed by atoms with Crippen molar-refractivity contribution >= 4 is 5.78 Å². The van der Waals surface area contributed by atoms with Crippen molar-refractivity contribution in [2.24, 2.45) is 0 Å². The fourth-order valence-electron chi connectivity index (χ4n) is 2.09. The zero-order chi connectivity index (χ0) is 13.0. The number of carbonyl (C=O) groups is 1. The van der Waals surface area contributed by atoms with Crippen molar-refractivity contribution in [3.63, 3.8) is 0 Å². The molecule has 0 heterocycles. The summed E-state index contributed by atoms with van der Waals surface area (Å²) in [5.74, 6) is 0.294. The van der Waals surface area contributed by atoms with Gasteiger partial charge in [0, 0.05) is 12.3 Å². The predicted octanol–water partition coefficient (Wildman–Crippen LogP) is 4.44. The van der Waals surface area contributed by atoms with Gasteiger partial charge in [0.05, 0.1) is 0 Å². The molecule has 0 bridgehead atoms. The van der Waals surface area contributed by atoms with Gasteiger partial charge in [-0.25, -0.2) is 0 Å². The van der Waals surface area contributed by atoms with E-state index in [0.717, 1.165) is 5.56 Å². The molecule has 1 heteroatoms. The van der Waals surface area contributed by atoms with Gasteiger partial charge >= 0.3 is 0 Å². The van der Waals surface area contributed by atoms with Crippen molar-refractivity contribution in [3.05, 3.63) is 60.2 Å². The lowest BCUT2D eigenvalue weighted by Gasteiger charge is -2.10. The molecule has 0 spiro atoms. The molecule has 2 aromatic carbocycles. The highest BCUT2D eigenvalue weighted by Crippen LogP contribution is 2.23. The Bertz CT molecular complexity index is 511. The number of hydrogen-bond acceptors (Lipinski definition) is 1. The first kappa shape index (κ1) is 12.6. The summed E-state index contributed by atoms with van der Waals surface area (Å²) in [6.07, 6.45) is 0.599. The first-order valence-corrected chi connectivity index (χ1v) is 6.40. The van der Waals surface area contributed by atoms with Crippen LogP contribution in [-0.2, 0) is 4.79 Å². The summed E-state index contributed by atoms with van der Waals surface area (Å²) >= 11 is 0. The summed E-state index contributed by atoms with van der Waals surface area (Å²) in [6, 6.07) is 18.6. The zero-order valence-electron chi connectivity index (χ0n) is 10.9. The number of hydrogen-bond donors (Lipinski definition) is 0. The minimum absolute atomic E-state index is 0.000164. The molecule has 92 valence electrons. The zero-order valence-corrected chi connectivity index (χ0v) is 10.9. The molecule has 2 aromatic rings. The lowest BCUT2D eigenvalue weighted by Crippen LogP contribution is -2.07. The molecule has 0 saturated heterocycles. The van der Waals surface area contributed by atoms with E-state index >= 15 is 0 Å². The molecule has 2 rings (SSSR count). The van der Waals surface area contributed by atoms with Crippen LogP contribution in [0.25, 0.3) is 11.1 Å². The molecule has 0 radical (unpaired) electrons. The van der Waals surface area contributed by atoms with Gasteiger partial charge in [-0.3, -0.25) is 4.79 Å². The summed E-state index contributed by atoms with van der Waals surface area (Å²) in [5.41, 5.74) is 3.50. The summed E-state index contributed by atoms with van der Waals surface area (Å²) < 4.78 is 0. The van der Waals surface area contributed by atoms with Crippen LogP contribution in [0.4, 0.5) is 0 Å². The predicted molar refractivity (Wildman–Crippen MR) is 75.6 cm³/mol. The maximum absolute atomic E-state index is 11.7. The lowest BCUT2D eigenvalue weighted by molar-refractivity contribution is -0.119. The van der Waals surface area contributed by atoms with Gasteiger partial charge in [0.25, 0.3) is 0 Å². The molecule has 0 aliphatic rings. The Morgan fingerprint density at radius 2 is 1.50 bits per heavy atom. The van der Waals surface area contributed by atoms with E-state index < -0.39 is 0 Å². The van der Waals surface area contributed by atoms with Crippen LogP contribution < -0.4 is 0 Å². The summed E-state index contributed by atoms with van der Waals surface area (Å²) in [7, 11) is 0. The van der Waals surface area contributed by atoms with Crippen molar-refractivity contribution in [1.82, 2.24) is 0 Å². The van der Waals surface area contributed by atoms with Gasteiger partial charge in [0.1, 0.15) is 5.78 Å². The molecule has 1 atom stereocenters. The smallest absolute Gasteiger partial charge is 0.139 e. The van der Waals surface area contributed by atoms with Gasteiger partial charge in [-0.05, 0) is 16.7 Å². The molecular formula is C17H18O. The highest BCUT2D eigenvalue weighted by Gasteiger charge is 2.12. The molecular weight excluding hydrogens is 220 g/mol. The van der Waals surface area contributed by atoms with E-state index in [0.29, 0.717) is 12.2 Å². The molecule has 0 aliphatic carbocycles. The Kier molecular flexibility index (Phi) is 3.93. The Hall–Kier alpha value is -1.89. The van der Waals surface area contributed by atoms with Crippen LogP contribution in [0.2, 0.25) is 0 Å². The normalized spacial score (nSPS) is 12.1. The van der Waals surface area contributed by atoms with Crippen molar-refractivity contribution in [2.45, 2.75) is 26.2 Å². The summed E-state index contributed by atoms with van der Waals surface area (Å²) in [6.45, 7) is 3.89. The third-order valence-electron chi connectivity index (χ3n) is 3.35. The SMILES string of the molecule is CCC(=O)C(C)c1ccc(-c2ccccc2)cc1. The van der Waals surface area contributed by atoms with Crippen LogP contribution in [0.3, 0.4) is 0 Å². The first-order chi connectivity index (χ1) is 8.72. The van der Waals surface area contributed by atoms with E-state index in [1.54, 1.807) is 0 Å².